The van der Waals surface area contributed by atoms with Crippen molar-refractivity contribution >= 4 is 0 Å². The maximum atomic E-state index is 12.0. The van der Waals surface area contributed by atoms with E-state index in [0.29, 0.717) is 0 Å². The molecule has 0 N–H and O–H groups in total. The van der Waals surface area contributed by atoms with Gasteiger partial charge in [-0.05, 0) is 0 Å². The fourth-order valence-electron chi connectivity index (χ4n) is 0.544. The number of benzene rings is 1. The Kier molecular flexibility index (Phi) is 8.91. The van der Waals surface area contributed by atoms with Crippen molar-refractivity contribution in [1.82, 2.24) is 0 Å². The fraction of sp³-hybridized carbons (Fsp3) is 0.400. The number of halogens is 5. The van der Waals surface area contributed by atoms with E-state index in [-0.39, 0.29) is 6.07 Å². The molecule has 0 radical (unpaired) electrons. The summed E-state index contributed by atoms with van der Waals surface area (Å²) in [6.07, 6.45) is 0. The van der Waals surface area contributed by atoms with Crippen LogP contribution in [0.3, 0.4) is 0 Å². The quantitative estimate of drug-likeness (QED) is 0.350. The Bertz CT molecular complexity index is 270. The molecule has 1 rings (SSSR count). The fourth-order valence-corrected chi connectivity index (χ4v) is 0.544. The minimum atomic E-state index is -2.14. The van der Waals surface area contributed by atoms with Crippen LogP contribution in [0.25, 0.3) is 0 Å². The van der Waals surface area contributed by atoms with E-state index in [1.807, 2.05) is 27.7 Å². The van der Waals surface area contributed by atoms with Gasteiger partial charge >= 0.3 is 0 Å². The van der Waals surface area contributed by atoms with Crippen molar-refractivity contribution in [1.29, 1.82) is 0 Å². The van der Waals surface area contributed by atoms with Crippen LogP contribution in [0.1, 0.15) is 27.7 Å². The zero-order valence-electron chi connectivity index (χ0n) is 8.97. The summed E-state index contributed by atoms with van der Waals surface area (Å²) < 4.78 is 60.0. The molecule has 1 aromatic carbocycles. The Morgan fingerprint density at radius 2 is 0.867 bits per heavy atom. The monoisotopic (exact) mass is 228 g/mol. The minimum absolute atomic E-state index is 0.0618. The smallest absolute Gasteiger partial charge is 0.200 e. The molecule has 0 heterocycles. The summed E-state index contributed by atoms with van der Waals surface area (Å²) in [4.78, 5) is 0. The summed E-state index contributed by atoms with van der Waals surface area (Å²) >= 11 is 0. The van der Waals surface area contributed by atoms with Crippen molar-refractivity contribution in [2.75, 3.05) is 0 Å². The third-order valence-electron chi connectivity index (χ3n) is 1.06. The van der Waals surface area contributed by atoms with Crippen molar-refractivity contribution in [3.8, 4) is 0 Å². The van der Waals surface area contributed by atoms with E-state index in [0.717, 1.165) is 0 Å². The van der Waals surface area contributed by atoms with Gasteiger partial charge in [0.1, 0.15) is 0 Å². The Labute approximate surface area is 85.7 Å². The molecule has 0 aliphatic heterocycles. The number of hydrogen-bond donors (Lipinski definition) is 0. The molecule has 0 fully saturated rings. The second kappa shape index (κ2) is 8.20. The van der Waals surface area contributed by atoms with Gasteiger partial charge in [0.05, 0.1) is 0 Å². The van der Waals surface area contributed by atoms with Crippen molar-refractivity contribution in [3.63, 3.8) is 0 Å². The highest BCUT2D eigenvalue weighted by molar-refractivity contribution is 5.12. The van der Waals surface area contributed by atoms with Crippen LogP contribution in [0.5, 0.6) is 0 Å². The van der Waals surface area contributed by atoms with Crippen LogP contribution in [0.4, 0.5) is 22.0 Å². The maximum absolute atomic E-state index is 12.0. The first-order chi connectivity index (χ1) is 7.04. The third-order valence-corrected chi connectivity index (χ3v) is 1.06. The highest BCUT2D eigenvalue weighted by Crippen LogP contribution is 2.16. The van der Waals surface area contributed by atoms with Crippen molar-refractivity contribution in [2.45, 2.75) is 27.7 Å². The van der Waals surface area contributed by atoms with Gasteiger partial charge in [-0.15, -0.1) is 0 Å². The molecule has 0 unspecified atom stereocenters. The Morgan fingerprint density at radius 1 is 0.600 bits per heavy atom. The lowest BCUT2D eigenvalue weighted by Crippen LogP contribution is -1.98. The summed E-state index contributed by atoms with van der Waals surface area (Å²) in [7, 11) is 0. The first-order valence-corrected chi connectivity index (χ1v) is 4.52. The molecule has 0 amide bonds. The number of rotatable bonds is 0. The van der Waals surface area contributed by atoms with Crippen molar-refractivity contribution in [3.05, 3.63) is 35.2 Å². The molecule has 0 saturated carbocycles. The molecule has 0 aliphatic rings. The Balaban J connectivity index is 0. The Morgan fingerprint density at radius 3 is 1.13 bits per heavy atom. The normalized spacial score (nSPS) is 8.33. The van der Waals surface area contributed by atoms with Crippen LogP contribution < -0.4 is 0 Å². The summed E-state index contributed by atoms with van der Waals surface area (Å²) in [6.45, 7) is 8.00. The third kappa shape index (κ3) is 4.27. The van der Waals surface area contributed by atoms with E-state index in [2.05, 4.69) is 0 Å². The highest BCUT2D eigenvalue weighted by Gasteiger charge is 2.18. The predicted octanol–water partition coefficient (Wildman–Crippen LogP) is 4.43. The van der Waals surface area contributed by atoms with E-state index < -0.39 is 29.1 Å². The Hall–Kier alpha value is -1.13. The molecule has 1 aromatic rings. The molecular weight excluding hydrogens is 215 g/mol. The van der Waals surface area contributed by atoms with Gasteiger partial charge < -0.3 is 0 Å². The van der Waals surface area contributed by atoms with E-state index in [1.54, 1.807) is 0 Å². The van der Waals surface area contributed by atoms with Gasteiger partial charge in [-0.1, -0.05) is 27.7 Å². The van der Waals surface area contributed by atoms with Gasteiger partial charge in [-0.3, -0.25) is 0 Å². The molecule has 0 saturated heterocycles. The first kappa shape index (κ1) is 16.3. The summed E-state index contributed by atoms with van der Waals surface area (Å²) in [5.74, 6) is -9.65. The van der Waals surface area contributed by atoms with Crippen molar-refractivity contribution < 1.29 is 22.0 Å². The molecule has 0 nitrogen and oxygen atoms in total. The largest absolute Gasteiger partial charge is 0.204 e. The zero-order chi connectivity index (χ0) is 12.6. The van der Waals surface area contributed by atoms with Crippen LogP contribution >= 0.6 is 0 Å². The maximum Gasteiger partial charge on any atom is 0.200 e. The predicted molar refractivity (Wildman–Crippen MR) is 48.9 cm³/mol. The standard InChI is InChI=1S/C6HF5.2C2H6/c7-2-1-3(8)5(10)6(11)4(2)9;2*1-2/h1H;2*1-2H3. The average molecular weight is 228 g/mol. The second-order valence-corrected chi connectivity index (χ2v) is 1.78. The minimum Gasteiger partial charge on any atom is -0.204 e. The van der Waals surface area contributed by atoms with E-state index in [9.17, 15) is 22.0 Å². The molecule has 88 valence electrons. The number of hydrogen-bond acceptors (Lipinski definition) is 0. The molecule has 0 aromatic heterocycles. The highest BCUT2D eigenvalue weighted by atomic mass is 19.2. The van der Waals surface area contributed by atoms with Gasteiger partial charge in [0, 0.05) is 6.07 Å². The molecule has 0 bridgehead atoms. The van der Waals surface area contributed by atoms with E-state index in [4.69, 9.17) is 0 Å². The first-order valence-electron chi connectivity index (χ1n) is 4.52. The lowest BCUT2D eigenvalue weighted by Gasteiger charge is -1.96. The lowest BCUT2D eigenvalue weighted by atomic mass is 10.3. The van der Waals surface area contributed by atoms with Crippen molar-refractivity contribution in [2.24, 2.45) is 0 Å². The zero-order valence-corrected chi connectivity index (χ0v) is 8.97. The van der Waals surface area contributed by atoms with Gasteiger partial charge in [0.2, 0.25) is 5.82 Å². The SMILES string of the molecule is CC.CC.Fc1cc(F)c(F)c(F)c1F. The summed E-state index contributed by atoms with van der Waals surface area (Å²) in [6, 6.07) is -0.0618. The summed E-state index contributed by atoms with van der Waals surface area (Å²) in [5, 5.41) is 0. The van der Waals surface area contributed by atoms with Crippen LogP contribution in [-0.2, 0) is 0 Å². The molecule has 0 atom stereocenters. The second-order valence-electron chi connectivity index (χ2n) is 1.78. The lowest BCUT2D eigenvalue weighted by molar-refractivity contribution is 0.378. The molecular formula is C10H13F5. The summed E-state index contributed by atoms with van der Waals surface area (Å²) in [5.41, 5.74) is 0. The van der Waals surface area contributed by atoms with E-state index >= 15 is 0 Å². The topological polar surface area (TPSA) is 0 Å². The molecule has 15 heavy (non-hydrogen) atoms. The van der Waals surface area contributed by atoms with Gasteiger partial charge in [0.25, 0.3) is 0 Å². The van der Waals surface area contributed by atoms with Crippen LogP contribution in [0.15, 0.2) is 6.07 Å². The van der Waals surface area contributed by atoms with E-state index in [1.165, 1.54) is 0 Å². The van der Waals surface area contributed by atoms with Crippen LogP contribution in [-0.4, -0.2) is 0 Å². The van der Waals surface area contributed by atoms with Gasteiger partial charge in [-0.2, -0.15) is 0 Å². The average Bonchev–Trinajstić information content (AvgIpc) is 2.29. The molecule has 5 heteroatoms. The van der Waals surface area contributed by atoms with Crippen LogP contribution in [0, 0.1) is 29.1 Å². The molecule has 0 aliphatic carbocycles. The van der Waals surface area contributed by atoms with Gasteiger partial charge in [0.15, 0.2) is 23.3 Å². The molecule has 0 spiro atoms. The van der Waals surface area contributed by atoms with Crippen LogP contribution in [0.2, 0.25) is 0 Å². The van der Waals surface area contributed by atoms with Gasteiger partial charge in [-0.25, -0.2) is 22.0 Å².